The minimum absolute atomic E-state index is 0.0105. The van der Waals surface area contributed by atoms with E-state index in [1.54, 1.807) is 18.9 Å². The highest BCUT2D eigenvalue weighted by Crippen LogP contribution is 2.45. The van der Waals surface area contributed by atoms with Gasteiger partial charge in [0.1, 0.15) is 16.9 Å². The Balaban J connectivity index is 1.71. The van der Waals surface area contributed by atoms with Gasteiger partial charge in [-0.3, -0.25) is 0 Å². The van der Waals surface area contributed by atoms with Crippen molar-refractivity contribution in [2.24, 2.45) is 0 Å². The van der Waals surface area contributed by atoms with Crippen molar-refractivity contribution in [1.29, 1.82) is 0 Å². The van der Waals surface area contributed by atoms with E-state index in [0.717, 1.165) is 52.5 Å². The van der Waals surface area contributed by atoms with Crippen molar-refractivity contribution in [2.45, 2.75) is 49.7 Å². The summed E-state index contributed by atoms with van der Waals surface area (Å²) in [5, 5.41) is 11.2. The maximum Gasteiger partial charge on any atom is 0.129 e. The van der Waals surface area contributed by atoms with E-state index in [9.17, 15) is 5.11 Å². The number of benzene rings is 2. The van der Waals surface area contributed by atoms with Gasteiger partial charge in [0.15, 0.2) is 0 Å². The third-order valence-corrected chi connectivity index (χ3v) is 6.96. The van der Waals surface area contributed by atoms with Crippen LogP contribution in [0.4, 0.5) is 0 Å². The smallest absolute Gasteiger partial charge is 0.129 e. The van der Waals surface area contributed by atoms with Crippen LogP contribution in [0.1, 0.15) is 47.6 Å². The zero-order valence-corrected chi connectivity index (χ0v) is 18.4. The molecule has 3 unspecified atom stereocenters. The minimum Gasteiger partial charge on any atom is -0.497 e. The SMILES string of the molecule is COc1ccc(Cc2cc(C3CC(O)CC(SC)O3)c3c(c2Cl)CCCO3)cc1. The Bertz CT molecular complexity index is 855. The molecular weight excluding hydrogens is 408 g/mol. The molecule has 2 aliphatic rings. The monoisotopic (exact) mass is 434 g/mol. The molecule has 29 heavy (non-hydrogen) atoms. The van der Waals surface area contributed by atoms with Gasteiger partial charge in [-0.25, -0.2) is 0 Å². The first kappa shape index (κ1) is 20.9. The molecule has 2 aliphatic heterocycles. The summed E-state index contributed by atoms with van der Waals surface area (Å²) in [5.41, 5.74) is 4.32. The molecule has 2 aromatic carbocycles. The number of fused-ring (bicyclic) bond motifs is 1. The van der Waals surface area contributed by atoms with E-state index in [1.807, 2.05) is 18.4 Å². The van der Waals surface area contributed by atoms with Gasteiger partial charge in [0, 0.05) is 24.0 Å². The van der Waals surface area contributed by atoms with Crippen molar-refractivity contribution in [3.63, 3.8) is 0 Å². The fraction of sp³-hybridized carbons (Fsp3) is 0.478. The Morgan fingerprint density at radius 1 is 1.24 bits per heavy atom. The molecule has 1 saturated heterocycles. The number of thioether (sulfide) groups is 1. The van der Waals surface area contributed by atoms with Gasteiger partial charge in [-0.15, -0.1) is 11.8 Å². The highest BCUT2D eigenvalue weighted by atomic mass is 35.5. The summed E-state index contributed by atoms with van der Waals surface area (Å²) in [4.78, 5) is 0. The van der Waals surface area contributed by atoms with Crippen molar-refractivity contribution >= 4 is 23.4 Å². The van der Waals surface area contributed by atoms with E-state index in [2.05, 4.69) is 18.2 Å². The van der Waals surface area contributed by atoms with Gasteiger partial charge < -0.3 is 19.3 Å². The normalized spacial score (nSPS) is 23.9. The third kappa shape index (κ3) is 4.53. The summed E-state index contributed by atoms with van der Waals surface area (Å²) < 4.78 is 17.6. The number of ether oxygens (including phenoxy) is 3. The highest BCUT2D eigenvalue weighted by molar-refractivity contribution is 7.99. The van der Waals surface area contributed by atoms with Crippen LogP contribution in [0.5, 0.6) is 11.5 Å². The lowest BCUT2D eigenvalue weighted by atomic mass is 9.90. The first-order valence-electron chi connectivity index (χ1n) is 10.0. The number of aliphatic hydroxyl groups excluding tert-OH is 1. The molecule has 156 valence electrons. The number of hydrogen-bond acceptors (Lipinski definition) is 5. The van der Waals surface area contributed by atoms with Crippen LogP contribution in [0.2, 0.25) is 5.02 Å². The predicted molar refractivity (Wildman–Crippen MR) is 117 cm³/mol. The van der Waals surface area contributed by atoms with Crippen LogP contribution < -0.4 is 9.47 Å². The molecule has 0 aromatic heterocycles. The fourth-order valence-corrected chi connectivity index (χ4v) is 5.11. The zero-order valence-electron chi connectivity index (χ0n) is 16.8. The lowest BCUT2D eigenvalue weighted by molar-refractivity contribution is -0.0615. The number of hydrogen-bond donors (Lipinski definition) is 1. The molecule has 2 heterocycles. The Kier molecular flexibility index (Phi) is 6.60. The number of halogens is 1. The Morgan fingerprint density at radius 2 is 2.03 bits per heavy atom. The van der Waals surface area contributed by atoms with E-state index in [0.29, 0.717) is 19.4 Å². The standard InChI is InChI=1S/C23H27ClO4S/c1-26-17-7-5-14(6-8-17)10-15-11-19(20-12-16(25)13-21(28-20)29-2)23-18(22(15)24)4-3-9-27-23/h5-8,11,16,20-21,25H,3-4,9-10,12-13H2,1-2H3. The second-order valence-corrected chi connectivity index (χ2v) is 9.01. The zero-order chi connectivity index (χ0) is 20.4. The number of aliphatic hydroxyl groups is 1. The molecule has 0 bridgehead atoms. The van der Waals surface area contributed by atoms with Crippen LogP contribution >= 0.6 is 23.4 Å². The van der Waals surface area contributed by atoms with Gasteiger partial charge in [-0.2, -0.15) is 0 Å². The second kappa shape index (κ2) is 9.17. The van der Waals surface area contributed by atoms with Crippen molar-refractivity contribution in [3.05, 3.63) is 57.6 Å². The molecule has 0 aliphatic carbocycles. The van der Waals surface area contributed by atoms with Crippen LogP contribution in [0.3, 0.4) is 0 Å². The third-order valence-electron chi connectivity index (χ3n) is 5.66. The number of methoxy groups -OCH3 is 1. The highest BCUT2D eigenvalue weighted by Gasteiger charge is 2.33. The average Bonchev–Trinajstić information content (AvgIpc) is 2.75. The summed E-state index contributed by atoms with van der Waals surface area (Å²) >= 11 is 8.47. The fourth-order valence-electron chi connectivity index (χ4n) is 4.14. The first-order chi connectivity index (χ1) is 14.1. The lowest BCUT2D eigenvalue weighted by Crippen LogP contribution is -2.30. The molecule has 2 aromatic rings. The summed E-state index contributed by atoms with van der Waals surface area (Å²) in [6, 6.07) is 10.2. The molecule has 0 amide bonds. The van der Waals surface area contributed by atoms with Crippen LogP contribution in [-0.4, -0.2) is 36.6 Å². The van der Waals surface area contributed by atoms with Gasteiger partial charge in [0.2, 0.25) is 0 Å². The molecule has 4 rings (SSSR count). The molecule has 1 fully saturated rings. The summed E-state index contributed by atoms with van der Waals surface area (Å²) in [7, 11) is 1.67. The maximum absolute atomic E-state index is 10.4. The Labute approximate surface area is 181 Å². The quantitative estimate of drug-likeness (QED) is 0.703. The molecule has 4 nitrogen and oxygen atoms in total. The molecular formula is C23H27ClO4S. The van der Waals surface area contributed by atoms with Crippen LogP contribution in [0.15, 0.2) is 30.3 Å². The van der Waals surface area contributed by atoms with Gasteiger partial charge >= 0.3 is 0 Å². The van der Waals surface area contributed by atoms with Crippen LogP contribution in [0, 0.1) is 0 Å². The van der Waals surface area contributed by atoms with E-state index in [4.69, 9.17) is 25.8 Å². The van der Waals surface area contributed by atoms with Gasteiger partial charge in [0.25, 0.3) is 0 Å². The van der Waals surface area contributed by atoms with Crippen molar-refractivity contribution < 1.29 is 19.3 Å². The maximum atomic E-state index is 10.4. The van der Waals surface area contributed by atoms with Crippen LogP contribution in [0.25, 0.3) is 0 Å². The molecule has 1 N–H and O–H groups in total. The summed E-state index contributed by atoms with van der Waals surface area (Å²) in [6.07, 6.45) is 5.29. The molecule has 3 atom stereocenters. The molecule has 0 spiro atoms. The van der Waals surface area contributed by atoms with E-state index in [1.165, 1.54) is 5.56 Å². The first-order valence-corrected chi connectivity index (χ1v) is 11.7. The minimum atomic E-state index is -0.369. The summed E-state index contributed by atoms with van der Waals surface area (Å²) in [5.74, 6) is 1.70. The van der Waals surface area contributed by atoms with Crippen molar-refractivity contribution in [1.82, 2.24) is 0 Å². The Hall–Kier alpha value is -1.40. The van der Waals surface area contributed by atoms with E-state index < -0.39 is 0 Å². The topological polar surface area (TPSA) is 47.9 Å². The largest absolute Gasteiger partial charge is 0.497 e. The van der Waals surface area contributed by atoms with Crippen LogP contribution in [-0.2, 0) is 17.6 Å². The van der Waals surface area contributed by atoms with Crippen molar-refractivity contribution in [3.8, 4) is 11.5 Å². The Morgan fingerprint density at radius 3 is 2.76 bits per heavy atom. The summed E-state index contributed by atoms with van der Waals surface area (Å²) in [6.45, 7) is 0.690. The van der Waals surface area contributed by atoms with E-state index in [-0.39, 0.29) is 17.6 Å². The average molecular weight is 435 g/mol. The second-order valence-electron chi connectivity index (χ2n) is 7.64. The van der Waals surface area contributed by atoms with Gasteiger partial charge in [-0.1, -0.05) is 23.7 Å². The van der Waals surface area contributed by atoms with E-state index >= 15 is 0 Å². The molecule has 0 saturated carbocycles. The number of rotatable bonds is 5. The lowest BCUT2D eigenvalue weighted by Gasteiger charge is -2.35. The van der Waals surface area contributed by atoms with Gasteiger partial charge in [-0.05, 0) is 54.8 Å². The predicted octanol–water partition coefficient (Wildman–Crippen LogP) is 5.17. The molecule has 6 heteroatoms. The van der Waals surface area contributed by atoms with Crippen molar-refractivity contribution in [2.75, 3.05) is 20.0 Å². The van der Waals surface area contributed by atoms with Gasteiger partial charge in [0.05, 0.1) is 30.9 Å². The molecule has 0 radical (unpaired) electrons.